The summed E-state index contributed by atoms with van der Waals surface area (Å²) in [7, 11) is 0. The molecule has 2 aromatic heterocycles. The van der Waals surface area contributed by atoms with Crippen LogP contribution >= 0.6 is 23.1 Å². The normalized spacial score (nSPS) is 13.3. The van der Waals surface area contributed by atoms with E-state index < -0.39 is 16.3 Å². The monoisotopic (exact) mass is 675 g/mol. The van der Waals surface area contributed by atoms with Crippen LogP contribution in [0.15, 0.2) is 100 Å². The van der Waals surface area contributed by atoms with Crippen LogP contribution in [0.25, 0.3) is 42.9 Å². The smallest absolute Gasteiger partial charge is 0.369 e. The van der Waals surface area contributed by atoms with Gasteiger partial charge >= 0.3 is 10.9 Å². The van der Waals surface area contributed by atoms with E-state index in [1.54, 1.807) is 19.1 Å². The minimum Gasteiger partial charge on any atom is -0.453 e. The molecule has 0 spiro atoms. The van der Waals surface area contributed by atoms with E-state index >= 15 is 0 Å². The van der Waals surface area contributed by atoms with Crippen LogP contribution in [-0.4, -0.2) is 34.7 Å². The maximum absolute atomic E-state index is 14.0. The molecule has 0 radical (unpaired) electrons. The van der Waals surface area contributed by atoms with Gasteiger partial charge in [-0.15, -0.1) is 11.3 Å². The van der Waals surface area contributed by atoms with Gasteiger partial charge in [0, 0.05) is 41.4 Å². The minimum absolute atomic E-state index is 0.147. The summed E-state index contributed by atoms with van der Waals surface area (Å²) in [6.45, 7) is 5.79. The maximum Gasteiger partial charge on any atom is 0.369 e. The van der Waals surface area contributed by atoms with Gasteiger partial charge in [-0.05, 0) is 79.4 Å². The van der Waals surface area contributed by atoms with Crippen LogP contribution in [0.3, 0.4) is 0 Å². The number of thiazole rings is 1. The van der Waals surface area contributed by atoms with Gasteiger partial charge in [0.25, 0.3) is 5.91 Å². The highest BCUT2D eigenvalue weighted by atomic mass is 32.2. The lowest BCUT2D eigenvalue weighted by Gasteiger charge is -2.30. The number of para-hydroxylation sites is 1. The summed E-state index contributed by atoms with van der Waals surface area (Å²) in [4.78, 5) is 47.7. The Morgan fingerprint density at radius 2 is 1.79 bits per heavy atom. The number of carbonyl (C=O) groups excluding carboxylic acids is 2. The van der Waals surface area contributed by atoms with Crippen molar-refractivity contribution in [3.8, 4) is 21.7 Å². The van der Waals surface area contributed by atoms with Crippen molar-refractivity contribution in [3.63, 3.8) is 0 Å². The Balaban J connectivity index is 1.29. The SMILES string of the molecule is CCN1CCCc2cc3c(-c4ccccc4C(=O)NC(C)SC(=O)OCc4ccccc4)c(-c4nc5ccccc5s4)c(=O)oc3cc21. The second-order valence-corrected chi connectivity index (χ2v) is 13.9. The summed E-state index contributed by atoms with van der Waals surface area (Å²) < 4.78 is 12.4. The zero-order chi connectivity index (χ0) is 33.2. The highest BCUT2D eigenvalue weighted by molar-refractivity contribution is 8.13. The quantitative estimate of drug-likeness (QED) is 0.0972. The molecule has 0 aliphatic carbocycles. The van der Waals surface area contributed by atoms with Crippen LogP contribution < -0.4 is 15.8 Å². The average molecular weight is 676 g/mol. The minimum atomic E-state index is -0.581. The molecule has 1 amide bonds. The highest BCUT2D eigenvalue weighted by Gasteiger charge is 2.27. The number of hydrogen-bond acceptors (Lipinski definition) is 9. The number of benzene rings is 4. The molecular weight excluding hydrogens is 643 g/mol. The molecule has 1 atom stereocenters. The molecule has 0 saturated heterocycles. The van der Waals surface area contributed by atoms with Crippen LogP contribution in [0.4, 0.5) is 10.5 Å². The number of anilines is 1. The third-order valence-corrected chi connectivity index (χ3v) is 10.3. The largest absolute Gasteiger partial charge is 0.453 e. The van der Waals surface area contributed by atoms with Crippen LogP contribution in [0.5, 0.6) is 0 Å². The second kappa shape index (κ2) is 13.7. The van der Waals surface area contributed by atoms with Crippen molar-refractivity contribution < 1.29 is 18.7 Å². The molecule has 242 valence electrons. The van der Waals surface area contributed by atoms with Gasteiger partial charge in [-0.1, -0.05) is 60.7 Å². The molecule has 48 heavy (non-hydrogen) atoms. The third-order valence-electron chi connectivity index (χ3n) is 8.46. The predicted molar refractivity (Wildman–Crippen MR) is 194 cm³/mol. The molecule has 0 saturated carbocycles. The van der Waals surface area contributed by atoms with Crippen molar-refractivity contribution in [3.05, 3.63) is 118 Å². The number of hydrogen-bond donors (Lipinski definition) is 1. The Labute approximate surface area is 285 Å². The second-order valence-electron chi connectivity index (χ2n) is 11.6. The predicted octanol–water partition coefficient (Wildman–Crippen LogP) is 8.66. The number of nitrogens with one attached hydrogen (secondary N) is 1. The van der Waals surface area contributed by atoms with E-state index in [0.29, 0.717) is 32.8 Å². The maximum atomic E-state index is 14.0. The van der Waals surface area contributed by atoms with Crippen LogP contribution in [0.1, 0.15) is 41.8 Å². The van der Waals surface area contributed by atoms with Crippen molar-refractivity contribution in [2.45, 2.75) is 38.7 Å². The van der Waals surface area contributed by atoms with Crippen LogP contribution in [0.2, 0.25) is 0 Å². The van der Waals surface area contributed by atoms with Gasteiger partial charge in [0.15, 0.2) is 0 Å². The molecule has 0 bridgehead atoms. The summed E-state index contributed by atoms with van der Waals surface area (Å²) in [6.07, 6.45) is 1.92. The Kier molecular flexibility index (Phi) is 9.01. The van der Waals surface area contributed by atoms with Gasteiger partial charge in [-0.2, -0.15) is 0 Å². The van der Waals surface area contributed by atoms with E-state index in [4.69, 9.17) is 14.1 Å². The highest BCUT2D eigenvalue weighted by Crippen LogP contribution is 2.42. The lowest BCUT2D eigenvalue weighted by atomic mass is 9.90. The molecule has 0 fully saturated rings. The van der Waals surface area contributed by atoms with Crippen molar-refractivity contribution in [1.29, 1.82) is 0 Å². The zero-order valence-corrected chi connectivity index (χ0v) is 28.2. The van der Waals surface area contributed by atoms with Gasteiger partial charge < -0.3 is 19.4 Å². The van der Waals surface area contributed by atoms with E-state index in [1.807, 2.05) is 72.8 Å². The summed E-state index contributed by atoms with van der Waals surface area (Å²) >= 11 is 2.31. The van der Waals surface area contributed by atoms with E-state index in [0.717, 1.165) is 64.5 Å². The fourth-order valence-electron chi connectivity index (χ4n) is 6.22. The van der Waals surface area contributed by atoms with Crippen molar-refractivity contribution in [1.82, 2.24) is 10.3 Å². The Bertz CT molecular complexity index is 2180. The van der Waals surface area contributed by atoms with E-state index in [2.05, 4.69) is 23.2 Å². The zero-order valence-electron chi connectivity index (χ0n) is 26.5. The fourth-order valence-corrected chi connectivity index (χ4v) is 7.81. The van der Waals surface area contributed by atoms with Gasteiger partial charge in [0.2, 0.25) is 0 Å². The Morgan fingerprint density at radius 3 is 2.60 bits per heavy atom. The number of carbonyl (C=O) groups is 2. The van der Waals surface area contributed by atoms with Gasteiger partial charge in [-0.25, -0.2) is 14.6 Å². The molecule has 10 heteroatoms. The molecule has 8 nitrogen and oxygen atoms in total. The summed E-state index contributed by atoms with van der Waals surface area (Å²) in [5.41, 5.74) is 5.70. The molecule has 1 aliphatic rings. The summed E-state index contributed by atoms with van der Waals surface area (Å²) in [5, 5.41) is 3.14. The van der Waals surface area contributed by atoms with E-state index in [9.17, 15) is 14.4 Å². The molecule has 1 N–H and O–H groups in total. The lowest BCUT2D eigenvalue weighted by Crippen LogP contribution is -2.31. The van der Waals surface area contributed by atoms with Crippen molar-refractivity contribution in [2.75, 3.05) is 18.0 Å². The molecule has 6 aromatic rings. The number of nitrogens with zero attached hydrogens (tertiary/aromatic N) is 2. The number of thioether (sulfide) groups is 1. The number of amides is 1. The number of fused-ring (bicyclic) bond motifs is 3. The molecule has 7 rings (SSSR count). The molecule has 3 heterocycles. The first-order chi connectivity index (χ1) is 23.4. The number of aryl methyl sites for hydroxylation is 1. The Morgan fingerprint density at radius 1 is 1.02 bits per heavy atom. The average Bonchev–Trinajstić information content (AvgIpc) is 3.53. The molecule has 4 aromatic carbocycles. The topological polar surface area (TPSA) is 102 Å². The van der Waals surface area contributed by atoms with Crippen molar-refractivity contribution >= 4 is 61.2 Å². The molecular formula is C38H33N3O5S2. The number of ether oxygens (including phenoxy) is 1. The first-order valence-electron chi connectivity index (χ1n) is 15.9. The molecule has 1 unspecified atom stereocenters. The first-order valence-corrected chi connectivity index (χ1v) is 17.6. The van der Waals surface area contributed by atoms with Crippen molar-refractivity contribution in [2.24, 2.45) is 0 Å². The third kappa shape index (κ3) is 6.33. The first kappa shape index (κ1) is 31.7. The Hall–Kier alpha value is -4.93. The lowest BCUT2D eigenvalue weighted by molar-refractivity contribution is 0.0952. The van der Waals surface area contributed by atoms with Gasteiger partial charge in [0.05, 0.1) is 15.6 Å². The van der Waals surface area contributed by atoms with E-state index in [-0.39, 0.29) is 12.5 Å². The van der Waals surface area contributed by atoms with Gasteiger partial charge in [-0.3, -0.25) is 4.79 Å². The number of aromatic nitrogens is 1. The summed E-state index contributed by atoms with van der Waals surface area (Å²) in [6, 6.07) is 28.5. The van der Waals surface area contributed by atoms with E-state index in [1.165, 1.54) is 16.9 Å². The molecule has 1 aliphatic heterocycles. The van der Waals surface area contributed by atoms with Crippen LogP contribution in [0, 0.1) is 0 Å². The standard InChI is InChI=1S/C38H33N3O5S2/c1-3-41-19-11-14-25-20-28-31(21-30(25)41)46-37(43)34(36-40-29-17-9-10-18-32(29)48-36)33(28)26-15-7-8-16-27(26)35(42)39-23(2)47-38(44)45-22-24-12-5-4-6-13-24/h4-10,12-13,15-18,20-21,23H,3,11,14,19,22H2,1-2H3,(H,39,42). The number of rotatable bonds is 8. The van der Waals surface area contributed by atoms with Crippen LogP contribution in [-0.2, 0) is 17.8 Å². The summed E-state index contributed by atoms with van der Waals surface area (Å²) in [5.74, 6) is -0.381. The fraction of sp³-hybridized carbons (Fsp3) is 0.211. The van der Waals surface area contributed by atoms with Gasteiger partial charge in [0.1, 0.15) is 22.8 Å².